The Hall–Kier alpha value is -3.60. The Bertz CT molecular complexity index is 1170. The second-order valence-corrected chi connectivity index (χ2v) is 6.77. The van der Waals surface area contributed by atoms with E-state index in [9.17, 15) is 9.59 Å². The minimum absolute atomic E-state index is 0.0275. The van der Waals surface area contributed by atoms with Gasteiger partial charge >= 0.3 is 5.97 Å². The number of ether oxygens (including phenoxy) is 2. The number of fused-ring (bicyclic) bond motifs is 2. The van der Waals surface area contributed by atoms with Crippen LogP contribution in [-0.2, 0) is 22.5 Å². The van der Waals surface area contributed by atoms with E-state index in [-0.39, 0.29) is 17.9 Å². The minimum Gasteiger partial charge on any atom is -0.497 e. The van der Waals surface area contributed by atoms with Crippen molar-refractivity contribution < 1.29 is 14.3 Å². The van der Waals surface area contributed by atoms with Gasteiger partial charge in [0.25, 0.3) is 0 Å². The van der Waals surface area contributed by atoms with Gasteiger partial charge in [0.05, 0.1) is 24.8 Å². The molecule has 5 nitrogen and oxygen atoms in total. The third-order valence-electron chi connectivity index (χ3n) is 4.98. The zero-order valence-corrected chi connectivity index (χ0v) is 16.1. The predicted octanol–water partition coefficient (Wildman–Crippen LogP) is 3.95. The van der Waals surface area contributed by atoms with Crippen LogP contribution in [0.4, 0.5) is 0 Å². The van der Waals surface area contributed by atoms with Gasteiger partial charge in [-0.1, -0.05) is 36.4 Å². The molecule has 146 valence electrons. The molecule has 0 radical (unpaired) electrons. The van der Waals surface area contributed by atoms with E-state index in [2.05, 4.69) is 0 Å². The van der Waals surface area contributed by atoms with Crippen LogP contribution in [0.2, 0.25) is 0 Å². The number of carbonyl (C=O) groups excluding carboxylic acids is 1. The lowest BCUT2D eigenvalue weighted by molar-refractivity contribution is -0.144. The summed E-state index contributed by atoms with van der Waals surface area (Å²) in [6.45, 7) is 0.338. The van der Waals surface area contributed by atoms with Gasteiger partial charge in [0.1, 0.15) is 12.3 Å². The molecular weight excluding hydrogens is 366 g/mol. The maximum Gasteiger partial charge on any atom is 0.325 e. The van der Waals surface area contributed by atoms with Gasteiger partial charge in [-0.2, -0.15) is 0 Å². The van der Waals surface area contributed by atoms with Crippen LogP contribution < -0.4 is 10.2 Å². The molecule has 0 saturated heterocycles. The maximum atomic E-state index is 12.8. The van der Waals surface area contributed by atoms with Crippen molar-refractivity contribution in [3.8, 4) is 5.75 Å². The number of methoxy groups -OCH3 is 1. The molecule has 0 amide bonds. The van der Waals surface area contributed by atoms with Gasteiger partial charge in [-0.25, -0.2) is 0 Å². The fraction of sp³-hybridized carbons (Fsp3) is 0.167. The molecule has 4 aromatic rings. The summed E-state index contributed by atoms with van der Waals surface area (Å²) in [4.78, 5) is 25.3. The number of hydrogen-bond donors (Lipinski definition) is 0. The number of nitrogens with zero attached hydrogens (tertiary/aromatic N) is 1. The van der Waals surface area contributed by atoms with Gasteiger partial charge < -0.3 is 14.0 Å². The molecule has 0 atom stereocenters. The van der Waals surface area contributed by atoms with Crippen molar-refractivity contribution in [2.75, 3.05) is 13.7 Å². The molecule has 0 N–H and O–H groups in total. The van der Waals surface area contributed by atoms with Crippen LogP contribution in [0.5, 0.6) is 5.75 Å². The molecule has 5 heteroatoms. The number of rotatable bonds is 6. The Morgan fingerprint density at radius 2 is 1.45 bits per heavy atom. The average Bonchev–Trinajstić information content (AvgIpc) is 2.77. The lowest BCUT2D eigenvalue weighted by Gasteiger charge is -2.14. The second kappa shape index (κ2) is 8.19. The number of aromatic nitrogens is 1. The molecule has 0 aliphatic rings. The highest BCUT2D eigenvalue weighted by molar-refractivity contribution is 5.94. The van der Waals surface area contributed by atoms with Crippen molar-refractivity contribution in [1.29, 1.82) is 0 Å². The van der Waals surface area contributed by atoms with Crippen molar-refractivity contribution in [1.82, 2.24) is 4.57 Å². The fourth-order valence-corrected chi connectivity index (χ4v) is 3.50. The van der Waals surface area contributed by atoms with E-state index in [0.717, 1.165) is 22.3 Å². The first-order chi connectivity index (χ1) is 14.2. The van der Waals surface area contributed by atoms with E-state index in [1.807, 2.05) is 65.2 Å². The molecule has 0 spiro atoms. The van der Waals surface area contributed by atoms with Crippen LogP contribution in [0.1, 0.15) is 5.56 Å². The standard InChI is InChI=1S/C24H21NO4/c1-28-18-12-10-17(11-13-18)14-15-29-23(26)16-25-21-8-4-2-6-19(21)24(27)20-7-3-5-9-22(20)25/h2-13H,14-16H2,1H3. The minimum atomic E-state index is -0.336. The Labute approximate surface area is 168 Å². The van der Waals surface area contributed by atoms with E-state index in [4.69, 9.17) is 9.47 Å². The molecule has 3 aromatic carbocycles. The van der Waals surface area contributed by atoms with E-state index < -0.39 is 0 Å². The summed E-state index contributed by atoms with van der Waals surface area (Å²) in [6.07, 6.45) is 0.626. The number of hydrogen-bond acceptors (Lipinski definition) is 4. The van der Waals surface area contributed by atoms with Crippen LogP contribution in [0, 0.1) is 0 Å². The molecule has 1 aromatic heterocycles. The Kier molecular flexibility index (Phi) is 5.29. The van der Waals surface area contributed by atoms with Gasteiger partial charge in [-0.05, 0) is 42.0 Å². The van der Waals surface area contributed by atoms with Crippen molar-refractivity contribution in [2.45, 2.75) is 13.0 Å². The third kappa shape index (κ3) is 3.85. The lowest BCUT2D eigenvalue weighted by Crippen LogP contribution is -2.19. The first-order valence-electron chi connectivity index (χ1n) is 9.46. The van der Waals surface area contributed by atoms with E-state index >= 15 is 0 Å². The molecule has 1 heterocycles. The molecule has 0 unspecified atom stereocenters. The average molecular weight is 387 g/mol. The van der Waals surface area contributed by atoms with Crippen LogP contribution >= 0.6 is 0 Å². The summed E-state index contributed by atoms with van der Waals surface area (Å²) in [5.41, 5.74) is 2.49. The Balaban J connectivity index is 1.54. The van der Waals surface area contributed by atoms with E-state index in [1.54, 1.807) is 19.2 Å². The highest BCUT2D eigenvalue weighted by Gasteiger charge is 2.13. The largest absolute Gasteiger partial charge is 0.497 e. The normalized spacial score (nSPS) is 10.9. The first-order valence-corrected chi connectivity index (χ1v) is 9.46. The first kappa shape index (κ1) is 18.7. The molecule has 29 heavy (non-hydrogen) atoms. The van der Waals surface area contributed by atoms with Gasteiger partial charge in [-0.3, -0.25) is 9.59 Å². The van der Waals surface area contributed by atoms with E-state index in [1.165, 1.54) is 0 Å². The number of esters is 1. The van der Waals surface area contributed by atoms with Crippen molar-refractivity contribution >= 4 is 27.8 Å². The number of carbonyl (C=O) groups is 1. The summed E-state index contributed by atoms with van der Waals surface area (Å²) in [7, 11) is 1.63. The zero-order valence-electron chi connectivity index (χ0n) is 16.1. The summed E-state index contributed by atoms with van der Waals surface area (Å²) in [6, 6.07) is 22.3. The van der Waals surface area contributed by atoms with Gasteiger partial charge in [0.2, 0.25) is 0 Å². The van der Waals surface area contributed by atoms with Crippen molar-refractivity contribution in [3.63, 3.8) is 0 Å². The topological polar surface area (TPSA) is 57.5 Å². The van der Waals surface area contributed by atoms with Crippen LogP contribution in [-0.4, -0.2) is 24.3 Å². The summed E-state index contributed by atoms with van der Waals surface area (Å²) >= 11 is 0. The zero-order chi connectivity index (χ0) is 20.2. The number of para-hydroxylation sites is 2. The molecule has 0 aliphatic carbocycles. The third-order valence-corrected chi connectivity index (χ3v) is 4.98. The van der Waals surface area contributed by atoms with Crippen molar-refractivity contribution in [3.05, 3.63) is 88.6 Å². The second-order valence-electron chi connectivity index (χ2n) is 6.77. The van der Waals surface area contributed by atoms with Crippen LogP contribution in [0.3, 0.4) is 0 Å². The monoisotopic (exact) mass is 387 g/mol. The molecule has 0 bridgehead atoms. The lowest BCUT2D eigenvalue weighted by atomic mass is 10.1. The molecular formula is C24H21NO4. The van der Waals surface area contributed by atoms with Gasteiger partial charge in [-0.15, -0.1) is 0 Å². The quantitative estimate of drug-likeness (QED) is 0.371. The molecule has 0 fully saturated rings. The van der Waals surface area contributed by atoms with Gasteiger partial charge in [0, 0.05) is 17.2 Å². The highest BCUT2D eigenvalue weighted by Crippen LogP contribution is 2.19. The molecule has 0 aliphatic heterocycles. The maximum absolute atomic E-state index is 12.8. The SMILES string of the molecule is COc1ccc(CCOC(=O)Cn2c3ccccc3c(=O)c3ccccc32)cc1. The summed E-state index contributed by atoms with van der Waals surface area (Å²) in [5, 5.41) is 1.19. The van der Waals surface area contributed by atoms with Crippen LogP contribution in [0.25, 0.3) is 21.8 Å². The van der Waals surface area contributed by atoms with E-state index in [0.29, 0.717) is 23.8 Å². The Morgan fingerprint density at radius 1 is 0.862 bits per heavy atom. The van der Waals surface area contributed by atoms with Gasteiger partial charge in [0.15, 0.2) is 5.43 Å². The highest BCUT2D eigenvalue weighted by atomic mass is 16.5. The predicted molar refractivity (Wildman–Crippen MR) is 113 cm³/mol. The van der Waals surface area contributed by atoms with Crippen molar-refractivity contribution in [2.24, 2.45) is 0 Å². The summed E-state index contributed by atoms with van der Waals surface area (Å²) < 4.78 is 12.5. The fourth-order valence-electron chi connectivity index (χ4n) is 3.50. The molecule has 4 rings (SSSR count). The molecule has 0 saturated carbocycles. The number of pyridine rings is 1. The number of benzene rings is 3. The van der Waals surface area contributed by atoms with Crippen LogP contribution in [0.15, 0.2) is 77.6 Å². The smallest absolute Gasteiger partial charge is 0.325 e. The Morgan fingerprint density at radius 3 is 2.03 bits per heavy atom. The summed E-state index contributed by atoms with van der Waals surface area (Å²) in [5.74, 6) is 0.459.